The second-order valence-electron chi connectivity index (χ2n) is 4.78. The van der Waals surface area contributed by atoms with E-state index in [9.17, 15) is 0 Å². The quantitative estimate of drug-likeness (QED) is 0.832. The summed E-state index contributed by atoms with van der Waals surface area (Å²) in [5, 5.41) is 5.49. The molecule has 0 aliphatic carbocycles. The first-order valence-electron chi connectivity index (χ1n) is 6.25. The van der Waals surface area contributed by atoms with Gasteiger partial charge >= 0.3 is 0 Å². The van der Waals surface area contributed by atoms with Gasteiger partial charge in [0.05, 0.1) is 13.2 Å². The van der Waals surface area contributed by atoms with Crippen LogP contribution in [0.1, 0.15) is 4.88 Å². The van der Waals surface area contributed by atoms with Crippen LogP contribution in [0.15, 0.2) is 17.5 Å². The molecule has 2 unspecified atom stereocenters. The minimum atomic E-state index is 0.527. The molecule has 1 aromatic heterocycles. The van der Waals surface area contributed by atoms with E-state index in [1.165, 1.54) is 4.88 Å². The Bertz CT molecular complexity index is 315. The fourth-order valence-corrected chi connectivity index (χ4v) is 3.04. The molecule has 4 heteroatoms. The van der Waals surface area contributed by atoms with Gasteiger partial charge in [-0.2, -0.15) is 0 Å². The summed E-state index contributed by atoms with van der Waals surface area (Å²) in [4.78, 5) is 3.90. The maximum atomic E-state index is 5.52. The van der Waals surface area contributed by atoms with Gasteiger partial charge in [-0.25, -0.2) is 0 Å². The lowest BCUT2D eigenvalue weighted by molar-refractivity contribution is 0.173. The fourth-order valence-electron chi connectivity index (χ4n) is 2.35. The van der Waals surface area contributed by atoms with Crippen molar-refractivity contribution in [2.45, 2.75) is 12.5 Å². The summed E-state index contributed by atoms with van der Waals surface area (Å²) in [5.74, 6) is 0.633. The van der Waals surface area contributed by atoms with Gasteiger partial charge in [0.1, 0.15) is 0 Å². The maximum Gasteiger partial charge on any atom is 0.0623 e. The van der Waals surface area contributed by atoms with Crippen molar-refractivity contribution in [2.75, 3.05) is 40.4 Å². The van der Waals surface area contributed by atoms with Crippen molar-refractivity contribution in [1.82, 2.24) is 10.2 Å². The molecular weight excluding hydrogens is 232 g/mol. The molecule has 1 aliphatic rings. The van der Waals surface area contributed by atoms with Crippen molar-refractivity contribution >= 4 is 11.3 Å². The molecule has 0 bridgehead atoms. The van der Waals surface area contributed by atoms with Crippen molar-refractivity contribution in [3.05, 3.63) is 22.4 Å². The third-order valence-electron chi connectivity index (χ3n) is 3.44. The predicted molar refractivity (Wildman–Crippen MR) is 72.7 cm³/mol. The van der Waals surface area contributed by atoms with Crippen LogP contribution in [0.5, 0.6) is 0 Å². The van der Waals surface area contributed by atoms with Gasteiger partial charge in [-0.3, -0.25) is 0 Å². The molecule has 0 amide bonds. The van der Waals surface area contributed by atoms with Crippen LogP contribution in [0.2, 0.25) is 0 Å². The molecule has 0 spiro atoms. The van der Waals surface area contributed by atoms with Gasteiger partial charge in [0.15, 0.2) is 0 Å². The van der Waals surface area contributed by atoms with Crippen LogP contribution in [0.4, 0.5) is 0 Å². The molecule has 17 heavy (non-hydrogen) atoms. The first kappa shape index (κ1) is 13.0. The van der Waals surface area contributed by atoms with Crippen molar-refractivity contribution in [3.8, 4) is 0 Å². The monoisotopic (exact) mass is 254 g/mol. The second kappa shape index (κ2) is 6.50. The summed E-state index contributed by atoms with van der Waals surface area (Å²) in [5.41, 5.74) is 0. The first-order valence-corrected chi connectivity index (χ1v) is 7.13. The van der Waals surface area contributed by atoms with E-state index in [4.69, 9.17) is 4.74 Å². The number of hydrogen-bond acceptors (Lipinski definition) is 4. The van der Waals surface area contributed by atoms with E-state index in [0.29, 0.717) is 12.0 Å². The lowest BCUT2D eigenvalue weighted by Gasteiger charge is -2.23. The Kier molecular flexibility index (Phi) is 4.98. The Morgan fingerprint density at radius 2 is 2.41 bits per heavy atom. The van der Waals surface area contributed by atoms with E-state index in [1.807, 2.05) is 18.4 Å². The fraction of sp³-hybridized carbons (Fsp3) is 0.692. The van der Waals surface area contributed by atoms with E-state index in [1.54, 1.807) is 0 Å². The van der Waals surface area contributed by atoms with E-state index in [0.717, 1.165) is 32.7 Å². The largest absolute Gasteiger partial charge is 0.379 e. The summed E-state index contributed by atoms with van der Waals surface area (Å²) in [7, 11) is 4.23. The number of rotatable bonds is 6. The molecule has 96 valence electrons. The first-order chi connectivity index (χ1) is 8.29. The average molecular weight is 254 g/mol. The Hall–Kier alpha value is -0.420. The minimum Gasteiger partial charge on any atom is -0.379 e. The summed E-state index contributed by atoms with van der Waals surface area (Å²) in [6.45, 7) is 4.01. The molecular formula is C13H22N2OS. The molecule has 2 rings (SSSR count). The molecule has 0 aromatic carbocycles. The standard InChI is InChI=1S/C13H22N2OS/c1-14-13-10-16-9-11(13)8-15(2)6-5-12-4-3-7-17-12/h3-4,7,11,13-14H,5-6,8-10H2,1-2H3. The van der Waals surface area contributed by atoms with E-state index in [2.05, 4.69) is 34.8 Å². The van der Waals surface area contributed by atoms with Gasteiger partial charge in [-0.1, -0.05) is 6.07 Å². The number of hydrogen-bond donors (Lipinski definition) is 1. The lowest BCUT2D eigenvalue weighted by atomic mass is 10.0. The third kappa shape index (κ3) is 3.78. The van der Waals surface area contributed by atoms with E-state index < -0.39 is 0 Å². The second-order valence-corrected chi connectivity index (χ2v) is 5.82. The molecule has 1 N–H and O–H groups in total. The molecule has 1 aliphatic heterocycles. The van der Waals surface area contributed by atoms with Gasteiger partial charge in [-0.05, 0) is 32.0 Å². The zero-order chi connectivity index (χ0) is 12.1. The van der Waals surface area contributed by atoms with Crippen LogP contribution in [0.3, 0.4) is 0 Å². The number of nitrogens with zero attached hydrogens (tertiary/aromatic N) is 1. The van der Waals surface area contributed by atoms with Gasteiger partial charge < -0.3 is 15.0 Å². The maximum absolute atomic E-state index is 5.52. The lowest BCUT2D eigenvalue weighted by Crippen LogP contribution is -2.39. The molecule has 1 aromatic rings. The summed E-state index contributed by atoms with van der Waals surface area (Å²) in [6.07, 6.45) is 1.16. The zero-order valence-corrected chi connectivity index (χ0v) is 11.5. The normalized spacial score (nSPS) is 24.6. The Morgan fingerprint density at radius 1 is 1.53 bits per heavy atom. The molecule has 1 saturated heterocycles. The van der Waals surface area contributed by atoms with Gasteiger partial charge in [0.25, 0.3) is 0 Å². The molecule has 1 fully saturated rings. The highest BCUT2D eigenvalue weighted by Crippen LogP contribution is 2.15. The average Bonchev–Trinajstić information content (AvgIpc) is 2.97. The SMILES string of the molecule is CNC1COCC1CN(C)CCc1cccs1. The highest BCUT2D eigenvalue weighted by atomic mass is 32.1. The third-order valence-corrected chi connectivity index (χ3v) is 4.37. The van der Waals surface area contributed by atoms with Crippen LogP contribution < -0.4 is 5.32 Å². The Labute approximate surface area is 108 Å². The van der Waals surface area contributed by atoms with Crippen LogP contribution in [-0.4, -0.2) is 51.3 Å². The van der Waals surface area contributed by atoms with Gasteiger partial charge in [0.2, 0.25) is 0 Å². The molecule has 2 heterocycles. The number of nitrogens with one attached hydrogen (secondary N) is 1. The number of thiophene rings is 1. The zero-order valence-electron chi connectivity index (χ0n) is 10.7. The van der Waals surface area contributed by atoms with Gasteiger partial charge in [0, 0.05) is 29.9 Å². The Morgan fingerprint density at radius 3 is 3.12 bits per heavy atom. The van der Waals surface area contributed by atoms with Crippen LogP contribution in [-0.2, 0) is 11.2 Å². The summed E-state index contributed by atoms with van der Waals surface area (Å²) < 4.78 is 5.52. The minimum absolute atomic E-state index is 0.527. The molecule has 3 nitrogen and oxygen atoms in total. The van der Waals surface area contributed by atoms with Gasteiger partial charge in [-0.15, -0.1) is 11.3 Å². The topological polar surface area (TPSA) is 24.5 Å². The van der Waals surface area contributed by atoms with Crippen molar-refractivity contribution in [3.63, 3.8) is 0 Å². The smallest absolute Gasteiger partial charge is 0.0623 e. The predicted octanol–water partition coefficient (Wildman–Crippen LogP) is 1.46. The summed E-state index contributed by atoms with van der Waals surface area (Å²) in [6, 6.07) is 4.87. The van der Waals surface area contributed by atoms with Crippen LogP contribution in [0, 0.1) is 5.92 Å². The van der Waals surface area contributed by atoms with Crippen molar-refractivity contribution in [1.29, 1.82) is 0 Å². The highest BCUT2D eigenvalue weighted by Gasteiger charge is 2.27. The molecule has 0 saturated carbocycles. The highest BCUT2D eigenvalue weighted by molar-refractivity contribution is 7.09. The van der Waals surface area contributed by atoms with Crippen LogP contribution in [0.25, 0.3) is 0 Å². The molecule has 0 radical (unpaired) electrons. The summed E-state index contributed by atoms with van der Waals surface area (Å²) >= 11 is 1.85. The van der Waals surface area contributed by atoms with Crippen molar-refractivity contribution < 1.29 is 4.74 Å². The van der Waals surface area contributed by atoms with E-state index in [-0.39, 0.29) is 0 Å². The van der Waals surface area contributed by atoms with E-state index >= 15 is 0 Å². The Balaban J connectivity index is 1.71. The molecule has 2 atom stereocenters. The number of likely N-dealkylation sites (N-methyl/N-ethyl adjacent to an activating group) is 2. The van der Waals surface area contributed by atoms with Crippen molar-refractivity contribution in [2.24, 2.45) is 5.92 Å². The van der Waals surface area contributed by atoms with Crippen LogP contribution >= 0.6 is 11.3 Å². The number of ether oxygens (including phenoxy) is 1.